The maximum absolute atomic E-state index is 5.86. The Kier molecular flexibility index (Phi) is 1.39. The molecule has 1 aromatic heterocycles. The number of furan rings is 1. The molecule has 2 atom stereocenters. The van der Waals surface area contributed by atoms with Gasteiger partial charge in [-0.3, -0.25) is 0 Å². The van der Waals surface area contributed by atoms with Crippen LogP contribution in [-0.2, 0) is 4.74 Å². The van der Waals surface area contributed by atoms with Crippen molar-refractivity contribution in [2.75, 3.05) is 0 Å². The summed E-state index contributed by atoms with van der Waals surface area (Å²) in [5, 5.41) is 1.13. The van der Waals surface area contributed by atoms with Crippen molar-refractivity contribution in [3.63, 3.8) is 0 Å². The second-order valence-corrected chi connectivity index (χ2v) is 4.23. The maximum atomic E-state index is 5.86. The van der Waals surface area contributed by atoms with Crippen LogP contribution in [-0.4, -0.2) is 6.10 Å². The van der Waals surface area contributed by atoms with E-state index in [1.807, 2.05) is 18.2 Å². The van der Waals surface area contributed by atoms with E-state index in [4.69, 9.17) is 9.15 Å². The van der Waals surface area contributed by atoms with E-state index in [1.54, 1.807) is 0 Å². The quantitative estimate of drug-likeness (QED) is 0.621. The summed E-state index contributed by atoms with van der Waals surface area (Å²) in [7, 11) is 0. The number of ether oxygens (including phenoxy) is 1. The number of hydrogen-bond acceptors (Lipinski definition) is 2. The summed E-state index contributed by atoms with van der Waals surface area (Å²) in [4.78, 5) is 0. The Morgan fingerprint density at radius 3 is 2.81 bits per heavy atom. The molecule has 2 aliphatic heterocycles. The van der Waals surface area contributed by atoms with E-state index in [-0.39, 0.29) is 12.2 Å². The smallest absolute Gasteiger partial charge is 0.139 e. The van der Waals surface area contributed by atoms with Crippen LogP contribution in [0.3, 0.4) is 0 Å². The van der Waals surface area contributed by atoms with Crippen molar-refractivity contribution in [1.29, 1.82) is 0 Å². The van der Waals surface area contributed by atoms with Gasteiger partial charge in [-0.05, 0) is 6.07 Å². The highest BCUT2D eigenvalue weighted by Crippen LogP contribution is 2.46. The van der Waals surface area contributed by atoms with Crippen molar-refractivity contribution in [1.82, 2.24) is 0 Å². The lowest BCUT2D eigenvalue weighted by molar-refractivity contribution is 0.0837. The molecule has 0 radical (unpaired) electrons. The maximum Gasteiger partial charge on any atom is 0.139 e. The Bertz CT molecular complexity index is 633. The van der Waals surface area contributed by atoms with E-state index in [0.29, 0.717) is 0 Å². The molecular formula is C14H10O2. The van der Waals surface area contributed by atoms with E-state index in [1.165, 1.54) is 0 Å². The van der Waals surface area contributed by atoms with Gasteiger partial charge in [0.25, 0.3) is 0 Å². The van der Waals surface area contributed by atoms with Crippen LogP contribution in [0.4, 0.5) is 0 Å². The van der Waals surface area contributed by atoms with E-state index >= 15 is 0 Å². The highest BCUT2D eigenvalue weighted by Gasteiger charge is 2.36. The zero-order valence-electron chi connectivity index (χ0n) is 8.64. The van der Waals surface area contributed by atoms with Gasteiger partial charge in [-0.1, -0.05) is 36.9 Å². The molecule has 0 aliphatic carbocycles. The van der Waals surface area contributed by atoms with E-state index in [0.717, 1.165) is 27.9 Å². The zero-order chi connectivity index (χ0) is 10.7. The topological polar surface area (TPSA) is 22.4 Å². The minimum absolute atomic E-state index is 0.00179. The minimum atomic E-state index is -0.00179. The molecule has 2 aliphatic rings. The van der Waals surface area contributed by atoms with Gasteiger partial charge in [-0.2, -0.15) is 0 Å². The summed E-state index contributed by atoms with van der Waals surface area (Å²) < 4.78 is 11.7. The summed E-state index contributed by atoms with van der Waals surface area (Å²) in [6.45, 7) is 4.06. The van der Waals surface area contributed by atoms with Crippen LogP contribution in [0.1, 0.15) is 17.4 Å². The Morgan fingerprint density at radius 1 is 1.06 bits per heavy atom. The Morgan fingerprint density at radius 2 is 1.88 bits per heavy atom. The molecular weight excluding hydrogens is 200 g/mol. The van der Waals surface area contributed by atoms with Gasteiger partial charge in [-0.15, -0.1) is 0 Å². The molecule has 0 saturated carbocycles. The standard InChI is InChI=1S/C14H10O2/c1-8-10-6-7-12(15-10)13-9-4-2-3-5-11(9)16-14(8)13/h2-7,10,12H,1H2/t10-,12+/m0/s1. The first-order valence-corrected chi connectivity index (χ1v) is 5.39. The van der Waals surface area contributed by atoms with Crippen molar-refractivity contribution in [3.8, 4) is 0 Å². The second kappa shape index (κ2) is 2.66. The number of para-hydroxylation sites is 1. The van der Waals surface area contributed by atoms with Crippen LogP contribution in [0, 0.1) is 0 Å². The number of fused-ring (bicyclic) bond motifs is 6. The zero-order valence-corrected chi connectivity index (χ0v) is 8.64. The van der Waals surface area contributed by atoms with Crippen LogP contribution in [0.2, 0.25) is 0 Å². The fourth-order valence-corrected chi connectivity index (χ4v) is 2.53. The molecule has 1 aromatic carbocycles. The molecule has 78 valence electrons. The molecule has 0 fully saturated rings. The molecule has 4 rings (SSSR count). The minimum Gasteiger partial charge on any atom is -0.456 e. The number of hydrogen-bond donors (Lipinski definition) is 0. The first-order chi connectivity index (χ1) is 7.84. The molecule has 0 N–H and O–H groups in total. The van der Waals surface area contributed by atoms with E-state index < -0.39 is 0 Å². The van der Waals surface area contributed by atoms with Gasteiger partial charge in [0, 0.05) is 16.5 Å². The third-order valence-corrected chi connectivity index (χ3v) is 3.31. The monoisotopic (exact) mass is 210 g/mol. The third-order valence-electron chi connectivity index (χ3n) is 3.31. The molecule has 0 saturated heterocycles. The molecule has 0 spiro atoms. The molecule has 0 unspecified atom stereocenters. The molecule has 2 aromatic rings. The van der Waals surface area contributed by atoms with E-state index in [2.05, 4.69) is 24.8 Å². The normalized spacial score (nSPS) is 26.4. The first kappa shape index (κ1) is 8.36. The Labute approximate surface area is 92.8 Å². The lowest BCUT2D eigenvalue weighted by Gasteiger charge is -2.21. The Hall–Kier alpha value is -1.80. The van der Waals surface area contributed by atoms with Crippen molar-refractivity contribution < 1.29 is 9.15 Å². The average Bonchev–Trinajstić information content (AvgIpc) is 2.89. The lowest BCUT2D eigenvalue weighted by Crippen LogP contribution is -2.15. The van der Waals surface area contributed by atoms with Crippen LogP contribution >= 0.6 is 0 Å². The summed E-state index contributed by atoms with van der Waals surface area (Å²) in [5.74, 6) is 0.910. The highest BCUT2D eigenvalue weighted by molar-refractivity contribution is 5.89. The summed E-state index contributed by atoms with van der Waals surface area (Å²) >= 11 is 0. The molecule has 2 heteroatoms. The lowest BCUT2D eigenvalue weighted by atomic mass is 10.00. The fraction of sp³-hybridized carbons (Fsp3) is 0.143. The molecule has 16 heavy (non-hydrogen) atoms. The van der Waals surface area contributed by atoms with Crippen molar-refractivity contribution in [2.45, 2.75) is 12.2 Å². The largest absolute Gasteiger partial charge is 0.456 e. The number of rotatable bonds is 0. The number of benzene rings is 1. The second-order valence-electron chi connectivity index (χ2n) is 4.23. The Balaban J connectivity index is 2.14. The summed E-state index contributed by atoms with van der Waals surface area (Å²) in [6.07, 6.45) is 4.17. The van der Waals surface area contributed by atoms with Gasteiger partial charge < -0.3 is 9.15 Å². The molecule has 2 bridgehead atoms. The van der Waals surface area contributed by atoms with Gasteiger partial charge in [0.2, 0.25) is 0 Å². The predicted molar refractivity (Wildman–Crippen MR) is 62.0 cm³/mol. The van der Waals surface area contributed by atoms with Crippen LogP contribution < -0.4 is 0 Å². The van der Waals surface area contributed by atoms with Crippen LogP contribution in [0.5, 0.6) is 0 Å². The first-order valence-electron chi connectivity index (χ1n) is 5.39. The third kappa shape index (κ3) is 0.859. The summed E-state index contributed by atoms with van der Waals surface area (Å²) in [5.41, 5.74) is 2.97. The van der Waals surface area contributed by atoms with Gasteiger partial charge in [0.1, 0.15) is 23.6 Å². The predicted octanol–water partition coefficient (Wildman–Crippen LogP) is 3.46. The van der Waals surface area contributed by atoms with Gasteiger partial charge >= 0.3 is 0 Å². The SMILES string of the molecule is C=C1c2oc3ccccc3c2[C@H]2C=C[C@@H]1O2. The van der Waals surface area contributed by atoms with Crippen LogP contribution in [0.15, 0.2) is 47.4 Å². The molecule has 2 nitrogen and oxygen atoms in total. The van der Waals surface area contributed by atoms with Crippen molar-refractivity contribution in [2.24, 2.45) is 0 Å². The molecule has 3 heterocycles. The van der Waals surface area contributed by atoms with Gasteiger partial charge in [0.15, 0.2) is 0 Å². The van der Waals surface area contributed by atoms with Gasteiger partial charge in [-0.25, -0.2) is 0 Å². The van der Waals surface area contributed by atoms with Crippen molar-refractivity contribution >= 4 is 16.5 Å². The summed E-state index contributed by atoms with van der Waals surface area (Å²) in [6, 6.07) is 8.06. The average molecular weight is 210 g/mol. The highest BCUT2D eigenvalue weighted by atomic mass is 16.5. The van der Waals surface area contributed by atoms with Crippen molar-refractivity contribution in [3.05, 3.63) is 54.3 Å². The molecule has 0 amide bonds. The van der Waals surface area contributed by atoms with Crippen LogP contribution in [0.25, 0.3) is 16.5 Å². The fourth-order valence-electron chi connectivity index (χ4n) is 2.53. The van der Waals surface area contributed by atoms with Gasteiger partial charge in [0.05, 0.1) is 0 Å². The van der Waals surface area contributed by atoms with E-state index in [9.17, 15) is 0 Å².